The second kappa shape index (κ2) is 11.1. The van der Waals surface area contributed by atoms with Gasteiger partial charge >= 0.3 is 0 Å². The maximum atomic E-state index is 12.5. The number of nitrogens with one attached hydrogen (secondary N) is 2. The average Bonchev–Trinajstić information content (AvgIpc) is 3.03. The van der Waals surface area contributed by atoms with Crippen LogP contribution in [0.1, 0.15) is 22.2 Å². The minimum atomic E-state index is -3.49. The lowest BCUT2D eigenvalue weighted by Crippen LogP contribution is -2.42. The number of nitrogens with zero attached hydrogens (tertiary/aromatic N) is 2. The zero-order valence-electron chi connectivity index (χ0n) is 16.9. The monoisotopic (exact) mass is 536 g/mol. The van der Waals surface area contributed by atoms with E-state index in [-0.39, 0.29) is 30.0 Å². The van der Waals surface area contributed by atoms with E-state index in [4.69, 9.17) is 0 Å². The summed E-state index contributed by atoms with van der Waals surface area (Å²) in [5, 5.41) is 6.58. The molecule has 0 spiro atoms. The number of guanidine groups is 1. The summed E-state index contributed by atoms with van der Waals surface area (Å²) in [5.74, 6) is 0.646. The normalized spacial score (nSPS) is 13.1. The molecule has 1 unspecified atom stereocenters. The number of hydrogen-bond donors (Lipinski definition) is 2. The van der Waals surface area contributed by atoms with Crippen LogP contribution < -0.4 is 10.6 Å². The van der Waals surface area contributed by atoms with Crippen molar-refractivity contribution < 1.29 is 8.42 Å². The van der Waals surface area contributed by atoms with Crippen LogP contribution in [0.15, 0.2) is 46.3 Å². The molecule has 0 radical (unpaired) electrons. The average molecular weight is 537 g/mol. The van der Waals surface area contributed by atoms with E-state index < -0.39 is 10.0 Å². The number of aryl methyl sites for hydroxylation is 1. The molecule has 1 aromatic carbocycles. The van der Waals surface area contributed by atoms with Gasteiger partial charge in [-0.15, -0.1) is 35.3 Å². The van der Waals surface area contributed by atoms with Crippen LogP contribution in [-0.2, 0) is 23.0 Å². The fraction of sp³-hybridized carbons (Fsp3) is 0.421. The number of halogens is 1. The van der Waals surface area contributed by atoms with E-state index in [9.17, 15) is 8.42 Å². The number of benzene rings is 1. The number of hydrogen-bond acceptors (Lipinski definition) is 4. The smallest absolute Gasteiger partial charge is 0.242 e. The highest BCUT2D eigenvalue weighted by Crippen LogP contribution is 2.18. The lowest BCUT2D eigenvalue weighted by molar-refractivity contribution is 0.519. The van der Waals surface area contributed by atoms with Gasteiger partial charge in [0.15, 0.2) is 5.96 Å². The standard InChI is InChI=1S/C19H28N4O2S2.HI/c1-14(12-17-11-10-15(2)26-17)22-19(20-3)21-13-16-8-6-7-9-18(16)27(24,25)23(4)5;/h6-11,14H,12-13H2,1-5H3,(H2,20,21,22);1H. The number of sulfonamides is 1. The molecule has 0 fully saturated rings. The zero-order chi connectivity index (χ0) is 20.0. The van der Waals surface area contributed by atoms with E-state index in [1.807, 2.05) is 12.1 Å². The van der Waals surface area contributed by atoms with Crippen LogP contribution >= 0.6 is 35.3 Å². The second-order valence-corrected chi connectivity index (χ2v) is 10.1. The molecule has 0 bridgehead atoms. The van der Waals surface area contributed by atoms with Crippen molar-refractivity contribution in [2.75, 3.05) is 21.1 Å². The minimum absolute atomic E-state index is 0. The van der Waals surface area contributed by atoms with E-state index >= 15 is 0 Å². The van der Waals surface area contributed by atoms with E-state index in [1.54, 1.807) is 30.5 Å². The summed E-state index contributed by atoms with van der Waals surface area (Å²) < 4.78 is 26.2. The maximum Gasteiger partial charge on any atom is 0.242 e. The zero-order valence-corrected chi connectivity index (χ0v) is 20.9. The first-order valence-electron chi connectivity index (χ1n) is 8.77. The molecular formula is C19H29IN4O2S2. The molecule has 0 aliphatic rings. The van der Waals surface area contributed by atoms with E-state index in [1.165, 1.54) is 28.2 Å². The third-order valence-corrected chi connectivity index (χ3v) is 7.03. The van der Waals surface area contributed by atoms with Gasteiger partial charge in [-0.1, -0.05) is 18.2 Å². The molecule has 0 saturated heterocycles. The first-order valence-corrected chi connectivity index (χ1v) is 11.0. The second-order valence-electron chi connectivity index (χ2n) is 6.58. The van der Waals surface area contributed by atoms with Gasteiger partial charge in [0.05, 0.1) is 4.90 Å². The lowest BCUT2D eigenvalue weighted by Gasteiger charge is -2.19. The largest absolute Gasteiger partial charge is 0.354 e. The first kappa shape index (κ1) is 24.9. The van der Waals surface area contributed by atoms with Gasteiger partial charge in [0.1, 0.15) is 0 Å². The van der Waals surface area contributed by atoms with Crippen LogP contribution in [-0.4, -0.2) is 45.9 Å². The molecule has 0 saturated carbocycles. The summed E-state index contributed by atoms with van der Waals surface area (Å²) in [6.45, 7) is 4.58. The van der Waals surface area contributed by atoms with Crippen molar-refractivity contribution in [3.05, 3.63) is 51.7 Å². The van der Waals surface area contributed by atoms with Crippen molar-refractivity contribution in [1.82, 2.24) is 14.9 Å². The summed E-state index contributed by atoms with van der Waals surface area (Å²) in [6.07, 6.45) is 0.908. The van der Waals surface area contributed by atoms with Crippen molar-refractivity contribution in [3.8, 4) is 0 Å². The van der Waals surface area contributed by atoms with E-state index in [2.05, 4.69) is 41.6 Å². The van der Waals surface area contributed by atoms with Gasteiger partial charge in [0.25, 0.3) is 0 Å². The van der Waals surface area contributed by atoms with Crippen molar-refractivity contribution in [2.45, 2.75) is 37.8 Å². The van der Waals surface area contributed by atoms with Gasteiger partial charge in [0, 0.05) is 49.9 Å². The van der Waals surface area contributed by atoms with Gasteiger partial charge in [0.2, 0.25) is 10.0 Å². The van der Waals surface area contributed by atoms with Gasteiger partial charge in [-0.05, 0) is 37.6 Å². The lowest BCUT2D eigenvalue weighted by atomic mass is 10.2. The van der Waals surface area contributed by atoms with Crippen LogP contribution in [0.3, 0.4) is 0 Å². The summed E-state index contributed by atoms with van der Waals surface area (Å²) in [6, 6.07) is 11.5. The SMILES string of the molecule is CN=C(NCc1ccccc1S(=O)(=O)N(C)C)NC(C)Cc1ccc(C)s1.I. The van der Waals surface area contributed by atoms with Crippen molar-refractivity contribution >= 4 is 51.3 Å². The Bertz CT molecular complexity index is 895. The molecule has 156 valence electrons. The highest BCUT2D eigenvalue weighted by Gasteiger charge is 2.20. The highest BCUT2D eigenvalue weighted by atomic mass is 127. The topological polar surface area (TPSA) is 73.8 Å². The number of aliphatic imine (C=N–C) groups is 1. The quantitative estimate of drug-likeness (QED) is 0.324. The molecule has 2 N–H and O–H groups in total. The third-order valence-electron chi connectivity index (χ3n) is 4.09. The molecule has 0 amide bonds. The van der Waals surface area contributed by atoms with Crippen molar-refractivity contribution in [2.24, 2.45) is 4.99 Å². The summed E-state index contributed by atoms with van der Waals surface area (Å²) in [4.78, 5) is 7.19. The van der Waals surface area contributed by atoms with Crippen LogP contribution in [0.25, 0.3) is 0 Å². The van der Waals surface area contributed by atoms with Crippen LogP contribution in [0.5, 0.6) is 0 Å². The maximum absolute atomic E-state index is 12.5. The Morgan fingerprint density at radius 3 is 2.46 bits per heavy atom. The number of thiophene rings is 1. The first-order chi connectivity index (χ1) is 12.7. The summed E-state index contributed by atoms with van der Waals surface area (Å²) in [7, 11) is 1.29. The van der Waals surface area contributed by atoms with Crippen molar-refractivity contribution in [1.29, 1.82) is 0 Å². The van der Waals surface area contributed by atoms with Crippen LogP contribution in [0.4, 0.5) is 0 Å². The summed E-state index contributed by atoms with van der Waals surface area (Å²) in [5.41, 5.74) is 0.704. The molecule has 6 nitrogen and oxygen atoms in total. The summed E-state index contributed by atoms with van der Waals surface area (Å²) >= 11 is 1.80. The Balaban J connectivity index is 0.00000392. The highest BCUT2D eigenvalue weighted by molar-refractivity contribution is 14.0. The number of rotatable bonds is 7. The van der Waals surface area contributed by atoms with E-state index in [0.29, 0.717) is 23.0 Å². The fourth-order valence-corrected chi connectivity index (χ4v) is 4.79. The molecule has 28 heavy (non-hydrogen) atoms. The van der Waals surface area contributed by atoms with Gasteiger partial charge < -0.3 is 10.6 Å². The van der Waals surface area contributed by atoms with Gasteiger partial charge in [-0.2, -0.15) is 0 Å². The third kappa shape index (κ3) is 6.71. The molecule has 9 heteroatoms. The Morgan fingerprint density at radius 2 is 1.89 bits per heavy atom. The van der Waals surface area contributed by atoms with Gasteiger partial charge in [-0.3, -0.25) is 4.99 Å². The Morgan fingerprint density at radius 1 is 1.21 bits per heavy atom. The molecule has 1 atom stereocenters. The molecule has 1 heterocycles. The fourth-order valence-electron chi connectivity index (χ4n) is 2.65. The van der Waals surface area contributed by atoms with Crippen molar-refractivity contribution in [3.63, 3.8) is 0 Å². The van der Waals surface area contributed by atoms with Gasteiger partial charge in [-0.25, -0.2) is 12.7 Å². The molecule has 0 aliphatic carbocycles. The molecular weight excluding hydrogens is 507 g/mol. The van der Waals surface area contributed by atoms with Crippen LogP contribution in [0, 0.1) is 6.92 Å². The molecule has 0 aliphatic heterocycles. The van der Waals surface area contributed by atoms with Crippen LogP contribution in [0.2, 0.25) is 0 Å². The molecule has 2 aromatic rings. The van der Waals surface area contributed by atoms with E-state index in [0.717, 1.165) is 6.42 Å². The molecule has 1 aromatic heterocycles. The Kier molecular flexibility index (Phi) is 9.88. The predicted octanol–water partition coefficient (Wildman–Crippen LogP) is 3.22. The molecule has 2 rings (SSSR count). The predicted molar refractivity (Wildman–Crippen MR) is 128 cm³/mol. The Hall–Kier alpha value is -1.17. The Labute approximate surface area is 189 Å². The minimum Gasteiger partial charge on any atom is -0.354 e.